The third kappa shape index (κ3) is 2.44. The second kappa shape index (κ2) is 5.16. The number of halogens is 3. The molecule has 1 atom stereocenters. The van der Waals surface area contributed by atoms with Gasteiger partial charge in [0.2, 0.25) is 0 Å². The summed E-state index contributed by atoms with van der Waals surface area (Å²) in [6.07, 6.45) is 0. The van der Waals surface area contributed by atoms with E-state index >= 15 is 0 Å². The van der Waals surface area contributed by atoms with E-state index in [2.05, 4.69) is 15.9 Å². The summed E-state index contributed by atoms with van der Waals surface area (Å²) >= 11 is 3.12. The number of benzene rings is 2. The van der Waals surface area contributed by atoms with Crippen molar-refractivity contribution < 1.29 is 8.78 Å². The lowest BCUT2D eigenvalue weighted by molar-refractivity contribution is 0.589. The van der Waals surface area contributed by atoms with Gasteiger partial charge in [-0.15, -0.1) is 0 Å². The first-order chi connectivity index (χ1) is 8.50. The van der Waals surface area contributed by atoms with Gasteiger partial charge in [-0.25, -0.2) is 8.78 Å². The van der Waals surface area contributed by atoms with Crippen LogP contribution in [0.4, 0.5) is 8.78 Å². The largest absolute Gasteiger partial charge is 0.320 e. The molecule has 1 nitrogen and oxygen atoms in total. The van der Waals surface area contributed by atoms with Gasteiger partial charge < -0.3 is 5.73 Å². The van der Waals surface area contributed by atoms with Crippen LogP contribution in [0.2, 0.25) is 0 Å². The average molecular weight is 312 g/mol. The second-order valence-corrected chi connectivity index (χ2v) is 4.98. The minimum atomic E-state index is -0.682. The molecule has 0 saturated carbocycles. The second-order valence-electron chi connectivity index (χ2n) is 4.12. The lowest BCUT2D eigenvalue weighted by Crippen LogP contribution is -2.15. The van der Waals surface area contributed by atoms with Crippen LogP contribution in [-0.4, -0.2) is 0 Å². The van der Waals surface area contributed by atoms with Crippen LogP contribution in [-0.2, 0) is 0 Å². The van der Waals surface area contributed by atoms with E-state index in [-0.39, 0.29) is 5.82 Å². The van der Waals surface area contributed by atoms with Crippen LogP contribution in [0.1, 0.15) is 22.7 Å². The van der Waals surface area contributed by atoms with Crippen molar-refractivity contribution in [3.05, 3.63) is 69.2 Å². The molecule has 0 aromatic heterocycles. The summed E-state index contributed by atoms with van der Waals surface area (Å²) in [6, 6.07) is 8.58. The van der Waals surface area contributed by atoms with E-state index in [0.29, 0.717) is 15.6 Å². The summed E-state index contributed by atoms with van der Waals surface area (Å²) < 4.78 is 27.5. The maximum atomic E-state index is 13.9. The van der Waals surface area contributed by atoms with Crippen LogP contribution in [0.3, 0.4) is 0 Å². The van der Waals surface area contributed by atoms with Crippen molar-refractivity contribution in [3.63, 3.8) is 0 Å². The van der Waals surface area contributed by atoms with Gasteiger partial charge in [0, 0.05) is 5.56 Å². The van der Waals surface area contributed by atoms with Gasteiger partial charge in [-0.2, -0.15) is 0 Å². The molecule has 2 rings (SSSR count). The zero-order valence-electron chi connectivity index (χ0n) is 9.75. The van der Waals surface area contributed by atoms with Gasteiger partial charge in [0.1, 0.15) is 11.6 Å². The van der Waals surface area contributed by atoms with E-state index in [1.807, 2.05) is 6.92 Å². The van der Waals surface area contributed by atoms with Crippen molar-refractivity contribution in [1.29, 1.82) is 0 Å². The average Bonchev–Trinajstić information content (AvgIpc) is 2.35. The quantitative estimate of drug-likeness (QED) is 0.888. The van der Waals surface area contributed by atoms with Crippen LogP contribution in [0, 0.1) is 18.6 Å². The standard InChI is InChI=1S/C14H12BrF2N/c1-8-5-6-9(16)7-11(8)14(18)10-3-2-4-12(15)13(10)17/h2-7,14H,18H2,1H3. The number of hydrogen-bond donors (Lipinski definition) is 1. The highest BCUT2D eigenvalue weighted by Gasteiger charge is 2.17. The molecule has 2 aromatic rings. The molecule has 0 aliphatic rings. The molecule has 18 heavy (non-hydrogen) atoms. The number of rotatable bonds is 2. The molecule has 4 heteroatoms. The zero-order chi connectivity index (χ0) is 13.3. The van der Waals surface area contributed by atoms with Gasteiger partial charge in [0.15, 0.2) is 0 Å². The Morgan fingerprint density at radius 2 is 1.83 bits per heavy atom. The Bertz CT molecular complexity index is 582. The third-order valence-electron chi connectivity index (χ3n) is 2.89. The monoisotopic (exact) mass is 311 g/mol. The van der Waals surface area contributed by atoms with Crippen LogP contribution in [0.5, 0.6) is 0 Å². The van der Waals surface area contributed by atoms with Crippen LogP contribution >= 0.6 is 15.9 Å². The van der Waals surface area contributed by atoms with E-state index in [0.717, 1.165) is 5.56 Å². The molecule has 1 unspecified atom stereocenters. The molecule has 0 spiro atoms. The first-order valence-corrected chi connectivity index (χ1v) is 6.25. The van der Waals surface area contributed by atoms with Gasteiger partial charge in [-0.1, -0.05) is 18.2 Å². The van der Waals surface area contributed by atoms with E-state index in [4.69, 9.17) is 5.73 Å². The summed E-state index contributed by atoms with van der Waals surface area (Å²) in [4.78, 5) is 0. The SMILES string of the molecule is Cc1ccc(F)cc1C(N)c1cccc(Br)c1F. The zero-order valence-corrected chi connectivity index (χ0v) is 11.3. The highest BCUT2D eigenvalue weighted by molar-refractivity contribution is 9.10. The summed E-state index contributed by atoms with van der Waals surface area (Å²) in [5, 5.41) is 0. The summed E-state index contributed by atoms with van der Waals surface area (Å²) in [5.74, 6) is -0.782. The van der Waals surface area contributed by atoms with E-state index < -0.39 is 11.9 Å². The van der Waals surface area contributed by atoms with E-state index in [9.17, 15) is 8.78 Å². The Labute approximate surface area is 113 Å². The maximum absolute atomic E-state index is 13.9. The highest BCUT2D eigenvalue weighted by Crippen LogP contribution is 2.28. The molecule has 2 aromatic carbocycles. The molecular formula is C14H12BrF2N. The molecule has 0 aliphatic carbocycles. The molecule has 2 N–H and O–H groups in total. The Kier molecular flexibility index (Phi) is 3.78. The van der Waals surface area contributed by atoms with E-state index in [1.54, 1.807) is 24.3 Å². The Morgan fingerprint density at radius 1 is 1.11 bits per heavy atom. The fourth-order valence-electron chi connectivity index (χ4n) is 1.87. The molecule has 0 amide bonds. The summed E-state index contributed by atoms with van der Waals surface area (Å²) in [7, 11) is 0. The molecule has 0 heterocycles. The molecule has 94 valence electrons. The fourth-order valence-corrected chi connectivity index (χ4v) is 2.26. The molecule has 0 fully saturated rings. The molecular weight excluding hydrogens is 300 g/mol. The van der Waals surface area contributed by atoms with Crippen molar-refractivity contribution in [2.24, 2.45) is 5.73 Å². The molecule has 0 bridgehead atoms. The van der Waals surface area contributed by atoms with Crippen molar-refractivity contribution in [2.45, 2.75) is 13.0 Å². The van der Waals surface area contributed by atoms with E-state index in [1.165, 1.54) is 12.1 Å². The Morgan fingerprint density at radius 3 is 2.56 bits per heavy atom. The van der Waals surface area contributed by atoms with Crippen molar-refractivity contribution >= 4 is 15.9 Å². The lowest BCUT2D eigenvalue weighted by atomic mass is 9.95. The topological polar surface area (TPSA) is 26.0 Å². The third-order valence-corrected chi connectivity index (χ3v) is 3.51. The Balaban J connectivity index is 2.51. The molecule has 0 aliphatic heterocycles. The van der Waals surface area contributed by atoms with Crippen molar-refractivity contribution in [3.8, 4) is 0 Å². The minimum absolute atomic E-state index is 0.345. The summed E-state index contributed by atoms with van der Waals surface area (Å²) in [6.45, 7) is 1.82. The molecule has 0 radical (unpaired) electrons. The highest BCUT2D eigenvalue weighted by atomic mass is 79.9. The van der Waals surface area contributed by atoms with Gasteiger partial charge in [0.25, 0.3) is 0 Å². The van der Waals surface area contributed by atoms with Gasteiger partial charge >= 0.3 is 0 Å². The van der Waals surface area contributed by atoms with Crippen molar-refractivity contribution in [1.82, 2.24) is 0 Å². The van der Waals surface area contributed by atoms with Crippen LogP contribution in [0.25, 0.3) is 0 Å². The Hall–Kier alpha value is -1.26. The fraction of sp³-hybridized carbons (Fsp3) is 0.143. The van der Waals surface area contributed by atoms with Crippen molar-refractivity contribution in [2.75, 3.05) is 0 Å². The molecule has 0 saturated heterocycles. The normalized spacial score (nSPS) is 12.5. The number of aryl methyl sites for hydroxylation is 1. The first kappa shape index (κ1) is 13.2. The first-order valence-electron chi connectivity index (χ1n) is 5.46. The van der Waals surface area contributed by atoms with Crippen LogP contribution < -0.4 is 5.73 Å². The minimum Gasteiger partial charge on any atom is -0.320 e. The number of nitrogens with two attached hydrogens (primary N) is 1. The smallest absolute Gasteiger partial charge is 0.142 e. The van der Waals surface area contributed by atoms with Gasteiger partial charge in [0.05, 0.1) is 10.5 Å². The predicted octanol–water partition coefficient (Wildman–Crippen LogP) is 4.08. The van der Waals surface area contributed by atoms with Gasteiger partial charge in [-0.05, 0) is 52.2 Å². The van der Waals surface area contributed by atoms with Crippen LogP contribution in [0.15, 0.2) is 40.9 Å². The lowest BCUT2D eigenvalue weighted by Gasteiger charge is -2.16. The summed E-state index contributed by atoms with van der Waals surface area (Å²) in [5.41, 5.74) is 7.80. The predicted molar refractivity (Wildman–Crippen MR) is 71.3 cm³/mol. The maximum Gasteiger partial charge on any atom is 0.142 e. The number of hydrogen-bond acceptors (Lipinski definition) is 1. The van der Waals surface area contributed by atoms with Gasteiger partial charge in [-0.3, -0.25) is 0 Å².